The Morgan fingerprint density at radius 3 is 2.60 bits per heavy atom. The van der Waals surface area contributed by atoms with Crippen molar-refractivity contribution >= 4 is 17.8 Å². The van der Waals surface area contributed by atoms with Gasteiger partial charge in [-0.3, -0.25) is 14.5 Å². The molecule has 1 saturated heterocycles. The fourth-order valence-electron chi connectivity index (χ4n) is 2.89. The van der Waals surface area contributed by atoms with Crippen LogP contribution >= 0.6 is 0 Å². The molecule has 0 unspecified atom stereocenters. The van der Waals surface area contributed by atoms with E-state index in [0.717, 1.165) is 29.1 Å². The summed E-state index contributed by atoms with van der Waals surface area (Å²) in [5.74, 6) is 0.135. The molecule has 4 amide bonds. The first-order valence-corrected chi connectivity index (χ1v) is 8.48. The molecule has 2 fully saturated rings. The van der Waals surface area contributed by atoms with E-state index in [-0.39, 0.29) is 24.4 Å². The first kappa shape index (κ1) is 17.3. The molecule has 1 aromatic rings. The van der Waals surface area contributed by atoms with Gasteiger partial charge in [-0.25, -0.2) is 4.79 Å². The summed E-state index contributed by atoms with van der Waals surface area (Å²) in [5, 5.41) is 5.52. The van der Waals surface area contributed by atoms with Gasteiger partial charge in [0.05, 0.1) is 7.11 Å². The first-order valence-electron chi connectivity index (χ1n) is 8.48. The Morgan fingerprint density at radius 1 is 1.32 bits per heavy atom. The second-order valence-electron chi connectivity index (χ2n) is 6.84. The third kappa shape index (κ3) is 3.92. The highest BCUT2D eigenvalue weighted by molar-refractivity contribution is 6.08. The Hall–Kier alpha value is -2.57. The molecule has 0 radical (unpaired) electrons. The summed E-state index contributed by atoms with van der Waals surface area (Å²) in [6.45, 7) is 1.48. The van der Waals surface area contributed by atoms with Crippen molar-refractivity contribution in [1.29, 1.82) is 0 Å². The Kier molecular flexibility index (Phi) is 4.65. The first-order chi connectivity index (χ1) is 11.9. The predicted molar refractivity (Wildman–Crippen MR) is 91.1 cm³/mol. The standard InChI is InChI=1S/C18H23N3O4/c1-18(10-9-12-3-7-14(25-2)8-4-12)16(23)21(17(24)20-18)11-15(22)19-13-5-6-13/h3-4,7-8,13H,5-6,9-11H2,1-2H3,(H,19,22)(H,20,24)/t18-/m1/s1. The predicted octanol–water partition coefficient (Wildman–Crippen LogP) is 1.22. The second kappa shape index (κ2) is 6.74. The number of carbonyl (C=O) groups excluding carboxylic acids is 3. The molecule has 1 aromatic carbocycles. The van der Waals surface area contributed by atoms with Crippen molar-refractivity contribution in [3.8, 4) is 5.75 Å². The van der Waals surface area contributed by atoms with Gasteiger partial charge in [-0.15, -0.1) is 0 Å². The van der Waals surface area contributed by atoms with Gasteiger partial charge in [0.25, 0.3) is 5.91 Å². The largest absolute Gasteiger partial charge is 0.497 e. The van der Waals surface area contributed by atoms with Crippen molar-refractivity contribution in [3.63, 3.8) is 0 Å². The van der Waals surface area contributed by atoms with E-state index in [9.17, 15) is 14.4 Å². The Labute approximate surface area is 146 Å². The number of methoxy groups -OCH3 is 1. The van der Waals surface area contributed by atoms with Gasteiger partial charge >= 0.3 is 6.03 Å². The minimum Gasteiger partial charge on any atom is -0.497 e. The maximum atomic E-state index is 12.6. The third-order valence-corrected chi connectivity index (χ3v) is 4.66. The van der Waals surface area contributed by atoms with Crippen LogP contribution in [0, 0.1) is 0 Å². The molecule has 0 bridgehead atoms. The molecule has 1 heterocycles. The van der Waals surface area contributed by atoms with Crippen LogP contribution in [0.15, 0.2) is 24.3 Å². The van der Waals surface area contributed by atoms with Crippen molar-refractivity contribution in [3.05, 3.63) is 29.8 Å². The summed E-state index contributed by atoms with van der Waals surface area (Å²) in [6.07, 6.45) is 3.02. The fraction of sp³-hybridized carbons (Fsp3) is 0.500. The molecule has 134 valence electrons. The topological polar surface area (TPSA) is 87.7 Å². The molecule has 1 atom stereocenters. The van der Waals surface area contributed by atoms with Gasteiger partial charge in [0.2, 0.25) is 5.91 Å². The van der Waals surface area contributed by atoms with E-state index in [0.29, 0.717) is 12.8 Å². The van der Waals surface area contributed by atoms with Crippen LogP contribution < -0.4 is 15.4 Å². The summed E-state index contributed by atoms with van der Waals surface area (Å²) < 4.78 is 5.13. The molecule has 3 rings (SSSR count). The molecule has 25 heavy (non-hydrogen) atoms. The minimum absolute atomic E-state index is 0.203. The number of hydrogen-bond donors (Lipinski definition) is 2. The summed E-state index contributed by atoms with van der Waals surface area (Å²) >= 11 is 0. The maximum absolute atomic E-state index is 12.6. The van der Waals surface area contributed by atoms with Crippen LogP contribution in [-0.2, 0) is 16.0 Å². The van der Waals surface area contributed by atoms with Crippen molar-refractivity contribution < 1.29 is 19.1 Å². The lowest BCUT2D eigenvalue weighted by molar-refractivity contribution is -0.134. The quantitative estimate of drug-likeness (QED) is 0.727. The molecule has 0 aromatic heterocycles. The maximum Gasteiger partial charge on any atom is 0.325 e. The van der Waals surface area contributed by atoms with Crippen LogP contribution in [0.25, 0.3) is 0 Å². The summed E-state index contributed by atoms with van der Waals surface area (Å²) in [5.41, 5.74) is 0.0608. The number of imide groups is 1. The molecule has 7 nitrogen and oxygen atoms in total. The molecule has 1 aliphatic heterocycles. The van der Waals surface area contributed by atoms with Gasteiger partial charge in [-0.05, 0) is 50.3 Å². The van der Waals surface area contributed by atoms with Crippen LogP contribution in [0.2, 0.25) is 0 Å². The number of carbonyl (C=O) groups is 3. The van der Waals surface area contributed by atoms with Gasteiger partial charge in [0.15, 0.2) is 0 Å². The van der Waals surface area contributed by atoms with Gasteiger partial charge in [0.1, 0.15) is 17.8 Å². The molecule has 7 heteroatoms. The zero-order chi connectivity index (χ0) is 18.0. The summed E-state index contributed by atoms with van der Waals surface area (Å²) in [7, 11) is 1.61. The number of ether oxygens (including phenoxy) is 1. The van der Waals surface area contributed by atoms with Crippen LogP contribution in [0.4, 0.5) is 4.79 Å². The van der Waals surface area contributed by atoms with E-state index in [1.165, 1.54) is 0 Å². The zero-order valence-electron chi connectivity index (χ0n) is 14.5. The van der Waals surface area contributed by atoms with Crippen molar-refractivity contribution in [2.75, 3.05) is 13.7 Å². The summed E-state index contributed by atoms with van der Waals surface area (Å²) in [4.78, 5) is 37.7. The SMILES string of the molecule is COc1ccc(CC[C@@]2(C)NC(=O)N(CC(=O)NC3CC3)C2=O)cc1. The minimum atomic E-state index is -0.989. The van der Waals surface area contributed by atoms with Crippen LogP contribution in [-0.4, -0.2) is 48.0 Å². The number of nitrogens with zero attached hydrogens (tertiary/aromatic N) is 1. The molecule has 1 saturated carbocycles. The molecular weight excluding hydrogens is 322 g/mol. The lowest BCUT2D eigenvalue weighted by Crippen LogP contribution is -2.45. The fourth-order valence-corrected chi connectivity index (χ4v) is 2.89. The highest BCUT2D eigenvalue weighted by atomic mass is 16.5. The van der Waals surface area contributed by atoms with Crippen LogP contribution in [0.1, 0.15) is 31.7 Å². The van der Waals surface area contributed by atoms with Gasteiger partial charge < -0.3 is 15.4 Å². The average molecular weight is 345 g/mol. The molecule has 2 aliphatic rings. The van der Waals surface area contributed by atoms with Crippen molar-refractivity contribution in [2.45, 2.75) is 44.2 Å². The Morgan fingerprint density at radius 2 is 2.00 bits per heavy atom. The van der Waals surface area contributed by atoms with Gasteiger partial charge in [-0.2, -0.15) is 0 Å². The van der Waals surface area contributed by atoms with E-state index in [1.54, 1.807) is 14.0 Å². The highest BCUT2D eigenvalue weighted by Crippen LogP contribution is 2.24. The second-order valence-corrected chi connectivity index (χ2v) is 6.84. The Balaban J connectivity index is 1.59. The number of aryl methyl sites for hydroxylation is 1. The van der Waals surface area contributed by atoms with E-state index in [2.05, 4.69) is 10.6 Å². The van der Waals surface area contributed by atoms with Crippen LogP contribution in [0.3, 0.4) is 0 Å². The molecule has 0 spiro atoms. The van der Waals surface area contributed by atoms with E-state index in [4.69, 9.17) is 4.74 Å². The number of benzene rings is 1. The monoisotopic (exact) mass is 345 g/mol. The highest BCUT2D eigenvalue weighted by Gasteiger charge is 2.48. The van der Waals surface area contributed by atoms with Crippen molar-refractivity contribution in [2.24, 2.45) is 0 Å². The molecule has 1 aliphatic carbocycles. The number of amides is 4. The van der Waals surface area contributed by atoms with E-state index in [1.807, 2.05) is 24.3 Å². The van der Waals surface area contributed by atoms with Gasteiger partial charge in [-0.1, -0.05) is 12.1 Å². The van der Waals surface area contributed by atoms with Crippen LogP contribution in [0.5, 0.6) is 5.75 Å². The summed E-state index contributed by atoms with van der Waals surface area (Å²) in [6, 6.07) is 7.29. The number of rotatable bonds is 7. The third-order valence-electron chi connectivity index (χ3n) is 4.66. The molecular formula is C18H23N3O4. The number of urea groups is 1. The number of nitrogens with one attached hydrogen (secondary N) is 2. The lowest BCUT2D eigenvalue weighted by atomic mass is 9.93. The van der Waals surface area contributed by atoms with Crippen molar-refractivity contribution in [1.82, 2.24) is 15.5 Å². The van der Waals surface area contributed by atoms with E-state index < -0.39 is 11.6 Å². The average Bonchev–Trinajstić information content (AvgIpc) is 3.38. The Bertz CT molecular complexity index is 684. The van der Waals surface area contributed by atoms with E-state index >= 15 is 0 Å². The smallest absolute Gasteiger partial charge is 0.325 e. The molecule has 2 N–H and O–H groups in total. The van der Waals surface area contributed by atoms with Gasteiger partial charge in [0, 0.05) is 6.04 Å². The lowest BCUT2D eigenvalue weighted by Gasteiger charge is -2.21. The normalized spacial score (nSPS) is 22.7. The number of hydrogen-bond acceptors (Lipinski definition) is 4. The zero-order valence-corrected chi connectivity index (χ0v) is 14.5.